The topological polar surface area (TPSA) is 76.8 Å². The summed E-state index contributed by atoms with van der Waals surface area (Å²) in [5.74, 6) is -0.537. The van der Waals surface area contributed by atoms with E-state index in [1.165, 1.54) is 6.07 Å². The summed E-state index contributed by atoms with van der Waals surface area (Å²) in [6.45, 7) is -0.192. The first kappa shape index (κ1) is 22.3. The third-order valence-corrected chi connectivity index (χ3v) is 7.39. The van der Waals surface area contributed by atoms with Gasteiger partial charge in [0.2, 0.25) is 10.0 Å². The van der Waals surface area contributed by atoms with Gasteiger partial charge in [0.05, 0.1) is 16.4 Å². The number of piperidine rings is 1. The summed E-state index contributed by atoms with van der Waals surface area (Å²) in [5, 5.41) is 0.885. The summed E-state index contributed by atoms with van der Waals surface area (Å²) >= 11 is 0. The number of sulfonamides is 1. The molecule has 2 aromatic carbocycles. The number of carbonyl (C=O) groups excluding carboxylic acids is 1. The molecule has 2 heterocycles. The fraction of sp³-hybridized carbons (Fsp3) is 0.318. The Hall–Kier alpha value is -2.85. The van der Waals surface area contributed by atoms with Gasteiger partial charge in [-0.15, -0.1) is 0 Å². The van der Waals surface area contributed by atoms with Crippen molar-refractivity contribution < 1.29 is 35.5 Å². The number of nitrogens with zero attached hydrogens (tertiary/aromatic N) is 1. The first-order valence-corrected chi connectivity index (χ1v) is 11.4. The zero-order valence-electron chi connectivity index (χ0n) is 16.8. The quantitative estimate of drug-likeness (QED) is 0.513. The van der Waals surface area contributed by atoms with E-state index < -0.39 is 38.5 Å². The number of furan rings is 1. The molecule has 3 aromatic rings. The molecule has 1 aliphatic rings. The molecule has 0 atom stereocenters. The lowest BCUT2D eigenvalue weighted by Gasteiger charge is -2.30. The maximum absolute atomic E-state index is 13.3. The summed E-state index contributed by atoms with van der Waals surface area (Å²) < 4.78 is 77.3. The molecule has 1 saturated heterocycles. The van der Waals surface area contributed by atoms with Crippen LogP contribution in [-0.2, 0) is 32.3 Å². The molecule has 0 bridgehead atoms. The molecule has 32 heavy (non-hydrogen) atoms. The number of rotatable bonds is 5. The second kappa shape index (κ2) is 8.59. The van der Waals surface area contributed by atoms with Crippen LogP contribution >= 0.6 is 0 Å². The van der Waals surface area contributed by atoms with Crippen LogP contribution < -0.4 is 0 Å². The SMILES string of the molecule is O=C(OCc1cc2ccccc2o1)C1CCN(S(=O)(=O)c2ccccc2C(F)(F)F)CC1. The van der Waals surface area contributed by atoms with Gasteiger partial charge in [0.25, 0.3) is 0 Å². The predicted octanol–water partition coefficient (Wildman–Crippen LogP) is 4.60. The Kier molecular flexibility index (Phi) is 6.00. The van der Waals surface area contributed by atoms with Crippen molar-refractivity contribution in [1.82, 2.24) is 4.31 Å². The van der Waals surface area contributed by atoms with Crippen LogP contribution in [0.1, 0.15) is 24.2 Å². The fourth-order valence-corrected chi connectivity index (χ4v) is 5.45. The highest BCUT2D eigenvalue weighted by Gasteiger charge is 2.40. The van der Waals surface area contributed by atoms with Crippen LogP contribution in [0.5, 0.6) is 0 Å². The Morgan fingerprint density at radius 3 is 2.41 bits per heavy atom. The molecule has 0 radical (unpaired) electrons. The third-order valence-electron chi connectivity index (χ3n) is 5.43. The lowest BCUT2D eigenvalue weighted by atomic mass is 9.98. The van der Waals surface area contributed by atoms with Crippen LogP contribution in [0, 0.1) is 5.92 Å². The van der Waals surface area contributed by atoms with E-state index in [2.05, 4.69) is 0 Å². The van der Waals surface area contributed by atoms with E-state index in [1.807, 2.05) is 18.2 Å². The van der Waals surface area contributed by atoms with Crippen LogP contribution in [0.4, 0.5) is 13.2 Å². The van der Waals surface area contributed by atoms with Crippen LogP contribution in [0.2, 0.25) is 0 Å². The molecule has 0 saturated carbocycles. The molecular weight excluding hydrogens is 447 g/mol. The van der Waals surface area contributed by atoms with Crippen LogP contribution in [-0.4, -0.2) is 31.8 Å². The predicted molar refractivity (Wildman–Crippen MR) is 109 cm³/mol. The largest absolute Gasteiger partial charge is 0.457 e. The molecule has 1 aliphatic heterocycles. The molecule has 170 valence electrons. The van der Waals surface area contributed by atoms with Gasteiger partial charge < -0.3 is 9.15 Å². The normalized spacial score (nSPS) is 16.3. The molecule has 0 spiro atoms. The fourth-order valence-electron chi connectivity index (χ4n) is 3.76. The van der Waals surface area contributed by atoms with Gasteiger partial charge in [-0.2, -0.15) is 17.5 Å². The summed E-state index contributed by atoms with van der Waals surface area (Å²) in [6, 6.07) is 13.2. The number of fused-ring (bicyclic) bond motifs is 1. The minimum absolute atomic E-state index is 0.0506. The van der Waals surface area contributed by atoms with Gasteiger partial charge >= 0.3 is 12.1 Å². The van der Waals surface area contributed by atoms with Gasteiger partial charge in [-0.3, -0.25) is 4.79 Å². The number of para-hydroxylation sites is 1. The molecule has 0 aliphatic carbocycles. The smallest absolute Gasteiger partial charge is 0.417 e. The minimum Gasteiger partial charge on any atom is -0.457 e. The van der Waals surface area contributed by atoms with Crippen molar-refractivity contribution in [3.8, 4) is 0 Å². The van der Waals surface area contributed by atoms with Gasteiger partial charge in [-0.05, 0) is 37.1 Å². The molecule has 0 amide bonds. The van der Waals surface area contributed by atoms with E-state index in [9.17, 15) is 26.4 Å². The van der Waals surface area contributed by atoms with E-state index in [1.54, 1.807) is 12.1 Å². The monoisotopic (exact) mass is 467 g/mol. The molecular formula is C22H20F3NO5S. The summed E-state index contributed by atoms with van der Waals surface area (Å²) in [6.07, 6.45) is -4.47. The Morgan fingerprint density at radius 1 is 1.06 bits per heavy atom. The lowest BCUT2D eigenvalue weighted by molar-refractivity contribution is -0.151. The average molecular weight is 467 g/mol. The lowest BCUT2D eigenvalue weighted by Crippen LogP contribution is -2.41. The van der Waals surface area contributed by atoms with E-state index in [0.717, 1.165) is 27.9 Å². The summed E-state index contributed by atoms with van der Waals surface area (Å²) in [5.41, 5.74) is -0.524. The number of carbonyl (C=O) groups is 1. The van der Waals surface area contributed by atoms with E-state index in [0.29, 0.717) is 11.3 Å². The Labute approximate surface area is 182 Å². The van der Waals surface area contributed by atoms with Crippen molar-refractivity contribution in [2.75, 3.05) is 13.1 Å². The Balaban J connectivity index is 1.38. The average Bonchev–Trinajstić information content (AvgIpc) is 3.20. The van der Waals surface area contributed by atoms with Crippen molar-refractivity contribution >= 4 is 27.0 Å². The highest BCUT2D eigenvalue weighted by Crippen LogP contribution is 2.36. The first-order chi connectivity index (χ1) is 15.2. The number of hydrogen-bond donors (Lipinski definition) is 0. The molecule has 0 unspecified atom stereocenters. The maximum Gasteiger partial charge on any atom is 0.417 e. The minimum atomic E-state index is -4.79. The number of benzene rings is 2. The molecule has 4 rings (SSSR count). The Bertz CT molecular complexity index is 1190. The number of alkyl halides is 3. The van der Waals surface area contributed by atoms with Crippen molar-refractivity contribution in [1.29, 1.82) is 0 Å². The second-order valence-electron chi connectivity index (χ2n) is 7.53. The molecule has 1 aromatic heterocycles. The Morgan fingerprint density at radius 2 is 1.72 bits per heavy atom. The summed E-state index contributed by atoms with van der Waals surface area (Å²) in [4.78, 5) is 11.6. The zero-order chi connectivity index (χ0) is 22.9. The van der Waals surface area contributed by atoms with Crippen molar-refractivity contribution in [2.24, 2.45) is 5.92 Å². The standard InChI is InChI=1S/C22H20F3NO5S/c23-22(24,25)18-6-2-4-8-20(18)32(28,29)26-11-9-15(10-12-26)21(27)30-14-17-13-16-5-1-3-7-19(16)31-17/h1-8,13,15H,9-12,14H2. The molecule has 1 fully saturated rings. The van der Waals surface area contributed by atoms with Gasteiger partial charge in [-0.25, -0.2) is 8.42 Å². The first-order valence-electron chi connectivity index (χ1n) is 9.97. The number of halogens is 3. The van der Waals surface area contributed by atoms with Crippen molar-refractivity contribution in [3.05, 3.63) is 65.9 Å². The number of hydrogen-bond acceptors (Lipinski definition) is 5. The second-order valence-corrected chi connectivity index (χ2v) is 9.44. The highest BCUT2D eigenvalue weighted by atomic mass is 32.2. The molecule has 0 N–H and O–H groups in total. The zero-order valence-corrected chi connectivity index (χ0v) is 17.7. The van der Waals surface area contributed by atoms with Gasteiger partial charge in [-0.1, -0.05) is 30.3 Å². The number of ether oxygens (including phenoxy) is 1. The summed E-state index contributed by atoms with van der Waals surface area (Å²) in [7, 11) is -4.35. The number of esters is 1. The van der Waals surface area contributed by atoms with E-state index in [4.69, 9.17) is 9.15 Å². The van der Waals surface area contributed by atoms with Gasteiger partial charge in [0.1, 0.15) is 18.0 Å². The molecule has 6 nitrogen and oxygen atoms in total. The molecule has 10 heteroatoms. The highest BCUT2D eigenvalue weighted by molar-refractivity contribution is 7.89. The van der Waals surface area contributed by atoms with Gasteiger partial charge in [0.15, 0.2) is 0 Å². The van der Waals surface area contributed by atoms with E-state index >= 15 is 0 Å². The van der Waals surface area contributed by atoms with Crippen LogP contribution in [0.3, 0.4) is 0 Å². The van der Waals surface area contributed by atoms with Crippen molar-refractivity contribution in [2.45, 2.75) is 30.5 Å². The van der Waals surface area contributed by atoms with Gasteiger partial charge in [0, 0.05) is 18.5 Å². The van der Waals surface area contributed by atoms with Crippen LogP contribution in [0.25, 0.3) is 11.0 Å². The maximum atomic E-state index is 13.3. The van der Waals surface area contributed by atoms with Crippen molar-refractivity contribution in [3.63, 3.8) is 0 Å². The van der Waals surface area contributed by atoms with Crippen LogP contribution in [0.15, 0.2) is 63.9 Å². The van der Waals surface area contributed by atoms with E-state index in [-0.39, 0.29) is 32.5 Å². The third kappa shape index (κ3) is 4.51.